The van der Waals surface area contributed by atoms with Crippen molar-refractivity contribution >= 4 is 37.6 Å². The zero-order valence-corrected chi connectivity index (χ0v) is 15.9. The number of sulfonamides is 2. The first-order valence-corrected chi connectivity index (χ1v) is 10.8. The zero-order valence-electron chi connectivity index (χ0n) is 13.5. The highest BCUT2D eigenvalue weighted by atomic mass is 35.5. The van der Waals surface area contributed by atoms with Crippen molar-refractivity contribution in [2.75, 3.05) is 13.1 Å². The van der Waals surface area contributed by atoms with E-state index in [2.05, 4.69) is 5.32 Å². The van der Waals surface area contributed by atoms with Crippen LogP contribution in [0, 0.1) is 0 Å². The number of halogens is 4. The number of alkyl halides is 3. The first-order chi connectivity index (χ1) is 12.2. The first-order valence-electron chi connectivity index (χ1n) is 7.39. The molecule has 8 nitrogen and oxygen atoms in total. The van der Waals surface area contributed by atoms with Crippen molar-refractivity contribution in [1.82, 2.24) is 9.62 Å². The van der Waals surface area contributed by atoms with Crippen LogP contribution in [0.3, 0.4) is 0 Å². The number of nitrogens with two attached hydrogens (primary N) is 1. The maximum absolute atomic E-state index is 12.7. The van der Waals surface area contributed by atoms with Crippen molar-refractivity contribution in [3.05, 3.63) is 23.2 Å². The topological polar surface area (TPSA) is 127 Å². The molecule has 1 unspecified atom stereocenters. The van der Waals surface area contributed by atoms with Gasteiger partial charge in [0, 0.05) is 19.1 Å². The Morgan fingerprint density at radius 3 is 2.48 bits per heavy atom. The summed E-state index contributed by atoms with van der Waals surface area (Å²) in [7, 11) is -8.42. The largest absolute Gasteiger partial charge is 0.397 e. The Labute approximate surface area is 158 Å². The predicted molar refractivity (Wildman–Crippen MR) is 88.8 cm³/mol. The summed E-state index contributed by atoms with van der Waals surface area (Å²) in [6.45, 7) is -0.364. The van der Waals surface area contributed by atoms with Crippen molar-refractivity contribution in [2.24, 2.45) is 5.14 Å². The molecule has 1 atom stereocenters. The van der Waals surface area contributed by atoms with Crippen molar-refractivity contribution < 1.29 is 34.8 Å². The van der Waals surface area contributed by atoms with E-state index in [4.69, 9.17) is 16.7 Å². The number of carbonyl (C=O) groups excluding carboxylic acids is 1. The van der Waals surface area contributed by atoms with E-state index in [9.17, 15) is 34.8 Å². The number of nitrogens with zero attached hydrogens (tertiary/aromatic N) is 1. The Balaban J connectivity index is 2.18. The number of carbonyl (C=O) groups is 1. The summed E-state index contributed by atoms with van der Waals surface area (Å²) < 4.78 is 85.8. The summed E-state index contributed by atoms with van der Waals surface area (Å²) in [5.74, 6) is -1.26. The van der Waals surface area contributed by atoms with Gasteiger partial charge >= 0.3 is 6.18 Å². The molecule has 0 bridgehead atoms. The van der Waals surface area contributed by atoms with Gasteiger partial charge in [-0.05, 0) is 24.6 Å². The van der Waals surface area contributed by atoms with Gasteiger partial charge in [0.2, 0.25) is 26.0 Å². The Morgan fingerprint density at radius 2 is 1.93 bits per heavy atom. The highest BCUT2D eigenvalue weighted by Gasteiger charge is 2.37. The van der Waals surface area contributed by atoms with Gasteiger partial charge in [-0.25, -0.2) is 22.0 Å². The Hall–Kier alpha value is -1.41. The molecule has 1 aromatic carbocycles. The fourth-order valence-corrected chi connectivity index (χ4v) is 5.14. The minimum Gasteiger partial charge on any atom is -0.352 e. The lowest BCUT2D eigenvalue weighted by atomic mass is 10.2. The monoisotopic (exact) mass is 449 g/mol. The van der Waals surface area contributed by atoms with Gasteiger partial charge in [-0.1, -0.05) is 11.6 Å². The van der Waals surface area contributed by atoms with E-state index in [-0.39, 0.29) is 24.5 Å². The van der Waals surface area contributed by atoms with E-state index in [1.165, 1.54) is 0 Å². The average molecular weight is 450 g/mol. The van der Waals surface area contributed by atoms with Gasteiger partial charge in [-0.3, -0.25) is 4.79 Å². The van der Waals surface area contributed by atoms with E-state index in [0.29, 0.717) is 0 Å². The Kier molecular flexibility index (Phi) is 6.11. The van der Waals surface area contributed by atoms with Gasteiger partial charge in [0.1, 0.15) is 11.3 Å². The fraction of sp³-hybridized carbons (Fsp3) is 0.462. The third-order valence-electron chi connectivity index (χ3n) is 3.73. The van der Waals surface area contributed by atoms with Crippen LogP contribution >= 0.6 is 11.6 Å². The number of amides is 1. The number of hydrogen-bond donors (Lipinski definition) is 2. The maximum atomic E-state index is 12.7. The summed E-state index contributed by atoms with van der Waals surface area (Å²) in [6, 6.07) is 2.10. The normalized spacial score (nSPS) is 19.2. The molecule has 1 aliphatic rings. The SMILES string of the molecule is NS(=O)(=O)c1ccc(Cl)c(S(=O)(=O)N2CCC(NC(=O)CC(F)(F)F)C2)c1. The van der Waals surface area contributed by atoms with E-state index in [1.54, 1.807) is 0 Å². The van der Waals surface area contributed by atoms with E-state index in [1.807, 2.05) is 0 Å². The molecule has 0 aromatic heterocycles. The third-order valence-corrected chi connectivity index (χ3v) is 6.98. The second-order valence-corrected chi connectivity index (χ2v) is 9.72. The molecule has 2 rings (SSSR count). The summed E-state index contributed by atoms with van der Waals surface area (Å²) in [4.78, 5) is 10.4. The molecule has 0 aliphatic carbocycles. The minimum absolute atomic E-state index is 0.0881. The third kappa shape index (κ3) is 5.54. The maximum Gasteiger partial charge on any atom is 0.397 e. The molecule has 0 radical (unpaired) electrons. The highest BCUT2D eigenvalue weighted by Crippen LogP contribution is 2.29. The fourth-order valence-electron chi connectivity index (χ4n) is 2.52. The lowest BCUT2D eigenvalue weighted by Gasteiger charge is -2.18. The van der Waals surface area contributed by atoms with Crippen molar-refractivity contribution in [2.45, 2.75) is 34.9 Å². The molecule has 1 aliphatic heterocycles. The number of rotatable bonds is 5. The van der Waals surface area contributed by atoms with Gasteiger partial charge < -0.3 is 5.32 Å². The standard InChI is InChI=1S/C13H15ClF3N3O5S2/c14-10-2-1-9(26(18,22)23)5-11(10)27(24,25)20-4-3-8(7-20)19-12(21)6-13(15,16)17/h1-2,5,8H,3-4,6-7H2,(H,19,21)(H2,18,22,23). The van der Waals surface area contributed by atoms with Crippen LogP contribution in [-0.2, 0) is 24.8 Å². The van der Waals surface area contributed by atoms with Crippen molar-refractivity contribution in [1.29, 1.82) is 0 Å². The molecule has 0 saturated carbocycles. The smallest absolute Gasteiger partial charge is 0.352 e. The van der Waals surface area contributed by atoms with Crippen LogP contribution in [0.4, 0.5) is 13.2 Å². The molecule has 1 heterocycles. The molecule has 27 heavy (non-hydrogen) atoms. The van der Waals surface area contributed by atoms with Crippen LogP contribution in [0.25, 0.3) is 0 Å². The van der Waals surface area contributed by atoms with Gasteiger partial charge in [0.05, 0.1) is 9.92 Å². The van der Waals surface area contributed by atoms with Crippen LogP contribution in [0.2, 0.25) is 5.02 Å². The molecule has 1 saturated heterocycles. The second kappa shape index (κ2) is 7.54. The van der Waals surface area contributed by atoms with Gasteiger partial charge in [0.15, 0.2) is 0 Å². The van der Waals surface area contributed by atoms with E-state index >= 15 is 0 Å². The van der Waals surface area contributed by atoms with Crippen LogP contribution in [0.5, 0.6) is 0 Å². The predicted octanol–water partition coefficient (Wildman–Crippen LogP) is 0.819. The Morgan fingerprint density at radius 1 is 1.30 bits per heavy atom. The molecular formula is C13H15ClF3N3O5S2. The molecular weight excluding hydrogens is 435 g/mol. The van der Waals surface area contributed by atoms with Crippen LogP contribution < -0.4 is 10.5 Å². The summed E-state index contributed by atoms with van der Waals surface area (Å²) in [5.41, 5.74) is 0. The lowest BCUT2D eigenvalue weighted by Crippen LogP contribution is -2.40. The van der Waals surface area contributed by atoms with Gasteiger partial charge in [-0.15, -0.1) is 0 Å². The second-order valence-electron chi connectivity index (χ2n) is 5.85. The van der Waals surface area contributed by atoms with Gasteiger partial charge in [-0.2, -0.15) is 17.5 Å². The lowest BCUT2D eigenvalue weighted by molar-refractivity contribution is -0.154. The first kappa shape index (κ1) is 21.9. The zero-order chi connectivity index (χ0) is 20.6. The average Bonchev–Trinajstić information content (AvgIpc) is 2.93. The summed E-state index contributed by atoms with van der Waals surface area (Å²) in [6.07, 6.45) is -6.25. The molecule has 152 valence electrons. The van der Waals surface area contributed by atoms with Crippen LogP contribution in [0.1, 0.15) is 12.8 Å². The number of benzene rings is 1. The number of hydrogen-bond acceptors (Lipinski definition) is 5. The minimum atomic E-state index is -4.67. The van der Waals surface area contributed by atoms with Crippen LogP contribution in [0.15, 0.2) is 28.0 Å². The summed E-state index contributed by atoms with van der Waals surface area (Å²) >= 11 is 5.87. The van der Waals surface area contributed by atoms with Crippen molar-refractivity contribution in [3.63, 3.8) is 0 Å². The number of primary sulfonamides is 1. The molecule has 14 heteroatoms. The van der Waals surface area contributed by atoms with Gasteiger partial charge in [0.25, 0.3) is 0 Å². The molecule has 1 aromatic rings. The highest BCUT2D eigenvalue weighted by molar-refractivity contribution is 7.90. The van der Waals surface area contributed by atoms with Crippen LogP contribution in [-0.4, -0.2) is 52.4 Å². The quantitative estimate of drug-likeness (QED) is 0.688. The summed E-state index contributed by atoms with van der Waals surface area (Å²) in [5, 5.41) is 6.86. The van der Waals surface area contributed by atoms with E-state index in [0.717, 1.165) is 22.5 Å². The Bertz CT molecular complexity index is 950. The van der Waals surface area contributed by atoms with Crippen molar-refractivity contribution in [3.8, 4) is 0 Å². The molecule has 1 amide bonds. The van der Waals surface area contributed by atoms with E-state index < -0.39 is 54.4 Å². The number of nitrogens with one attached hydrogen (secondary N) is 1. The molecule has 1 fully saturated rings. The molecule has 0 spiro atoms. The molecule has 3 N–H and O–H groups in total.